The Balaban J connectivity index is 1.86. The number of carbonyl (C=O) groups is 1. The van der Waals surface area contributed by atoms with Crippen LogP contribution in [0.15, 0.2) is 33.2 Å². The van der Waals surface area contributed by atoms with Crippen LogP contribution < -0.4 is 11.2 Å². The van der Waals surface area contributed by atoms with Gasteiger partial charge >= 0.3 is 5.69 Å². The molecule has 0 radical (unpaired) electrons. The maximum Gasteiger partial charge on any atom is 0.352 e. The van der Waals surface area contributed by atoms with Crippen molar-refractivity contribution in [2.45, 2.75) is 53.6 Å². The molecule has 3 aromatic heterocycles. The van der Waals surface area contributed by atoms with E-state index in [-0.39, 0.29) is 23.7 Å². The first-order valence-corrected chi connectivity index (χ1v) is 10.9. The van der Waals surface area contributed by atoms with Gasteiger partial charge in [0.1, 0.15) is 11.2 Å². The van der Waals surface area contributed by atoms with Crippen molar-refractivity contribution in [3.8, 4) is 0 Å². The van der Waals surface area contributed by atoms with Crippen molar-refractivity contribution < 1.29 is 4.79 Å². The molecule has 30 heavy (non-hydrogen) atoms. The largest absolute Gasteiger partial charge is 0.352 e. The molecule has 4 rings (SSSR count). The molecule has 0 saturated carbocycles. The van der Waals surface area contributed by atoms with Gasteiger partial charge in [0.05, 0.1) is 5.52 Å². The summed E-state index contributed by atoms with van der Waals surface area (Å²) in [6, 6.07) is 5.59. The Bertz CT molecular complexity index is 1400. The van der Waals surface area contributed by atoms with Gasteiger partial charge in [-0.15, -0.1) is 16.4 Å². The summed E-state index contributed by atoms with van der Waals surface area (Å²) in [6.45, 7) is 8.21. The maximum atomic E-state index is 13.2. The monoisotopic (exact) mass is 424 g/mol. The first-order valence-electron chi connectivity index (χ1n) is 10.0. The van der Waals surface area contributed by atoms with E-state index in [0.29, 0.717) is 22.3 Å². The lowest BCUT2D eigenvalue weighted by molar-refractivity contribution is 0.0965. The van der Waals surface area contributed by atoms with Crippen molar-refractivity contribution in [3.63, 3.8) is 0 Å². The minimum absolute atomic E-state index is 0.144. The Labute approximate surface area is 177 Å². The lowest BCUT2D eigenvalue weighted by atomic mass is 9.98. The molecular weight excluding hydrogens is 400 g/mol. The number of rotatable bonds is 6. The minimum atomic E-state index is -0.409. The Kier molecular flexibility index (Phi) is 5.19. The number of aryl methyl sites for hydroxylation is 4. The van der Waals surface area contributed by atoms with Crippen molar-refractivity contribution in [1.29, 1.82) is 0 Å². The van der Waals surface area contributed by atoms with Crippen molar-refractivity contribution in [2.24, 2.45) is 0 Å². The molecule has 0 spiro atoms. The highest BCUT2D eigenvalue weighted by Gasteiger charge is 2.20. The van der Waals surface area contributed by atoms with Gasteiger partial charge in [-0.05, 0) is 61.4 Å². The zero-order chi connectivity index (χ0) is 21.6. The highest BCUT2D eigenvalue weighted by Crippen LogP contribution is 2.19. The Hall–Kier alpha value is -3.00. The summed E-state index contributed by atoms with van der Waals surface area (Å²) in [5.41, 5.74) is 3.60. The molecular formula is C22H24N4O3S. The molecule has 0 unspecified atom stereocenters. The molecule has 0 amide bonds. The predicted molar refractivity (Wildman–Crippen MR) is 119 cm³/mol. The molecule has 0 aliphatic heterocycles. The summed E-state index contributed by atoms with van der Waals surface area (Å²) >= 11 is 1.31. The molecule has 4 aromatic rings. The van der Waals surface area contributed by atoms with Crippen LogP contribution in [0.2, 0.25) is 0 Å². The number of ketones is 1. The SMILES string of the molecule is CCCCn1c(=O)c2sccc2n2c(=O)n(CC(=O)c3cc(C)c(C)cc3C)nc12. The second kappa shape index (κ2) is 7.68. The minimum Gasteiger partial charge on any atom is -0.292 e. The van der Waals surface area contributed by atoms with Crippen LogP contribution in [0.3, 0.4) is 0 Å². The van der Waals surface area contributed by atoms with Crippen LogP contribution in [0.4, 0.5) is 0 Å². The normalized spacial score (nSPS) is 11.6. The predicted octanol–water partition coefficient (Wildman–Crippen LogP) is 3.48. The molecule has 0 bridgehead atoms. The van der Waals surface area contributed by atoms with Crippen LogP contribution in [-0.4, -0.2) is 24.5 Å². The zero-order valence-corrected chi connectivity index (χ0v) is 18.4. The quantitative estimate of drug-likeness (QED) is 0.444. The first kappa shape index (κ1) is 20.3. The van der Waals surface area contributed by atoms with Crippen molar-refractivity contribution in [3.05, 3.63) is 66.7 Å². The maximum absolute atomic E-state index is 13.2. The van der Waals surface area contributed by atoms with E-state index in [9.17, 15) is 14.4 Å². The number of fused-ring (bicyclic) bond motifs is 3. The molecule has 0 fully saturated rings. The van der Waals surface area contributed by atoms with Crippen molar-refractivity contribution >= 4 is 33.1 Å². The van der Waals surface area contributed by atoms with Gasteiger partial charge in [-0.3, -0.25) is 14.2 Å². The fourth-order valence-electron chi connectivity index (χ4n) is 3.74. The van der Waals surface area contributed by atoms with Gasteiger partial charge in [0, 0.05) is 12.1 Å². The van der Waals surface area contributed by atoms with E-state index in [4.69, 9.17) is 0 Å². The van der Waals surface area contributed by atoms with E-state index in [1.807, 2.05) is 39.8 Å². The van der Waals surface area contributed by atoms with E-state index in [1.54, 1.807) is 16.0 Å². The lowest BCUT2D eigenvalue weighted by Crippen LogP contribution is -2.27. The van der Waals surface area contributed by atoms with Gasteiger partial charge in [0.25, 0.3) is 5.56 Å². The average molecular weight is 425 g/mol. The summed E-state index contributed by atoms with van der Waals surface area (Å²) < 4.78 is 4.69. The second-order valence-electron chi connectivity index (χ2n) is 7.70. The van der Waals surface area contributed by atoms with E-state index in [2.05, 4.69) is 5.10 Å². The molecule has 1 aromatic carbocycles. The van der Waals surface area contributed by atoms with Crippen LogP contribution in [0.25, 0.3) is 16.0 Å². The third-order valence-electron chi connectivity index (χ3n) is 5.56. The molecule has 7 nitrogen and oxygen atoms in total. The standard InChI is InChI=1S/C22H24N4O3S/c1-5-6-8-24-20(28)19-17(7-9-30-19)26-21(24)23-25(22(26)29)12-18(27)16-11-14(3)13(2)10-15(16)4/h7,9-11H,5-6,8,12H2,1-4H3. The Morgan fingerprint density at radius 2 is 1.83 bits per heavy atom. The fourth-order valence-corrected chi connectivity index (χ4v) is 4.56. The fraction of sp³-hybridized carbons (Fsp3) is 0.364. The van der Waals surface area contributed by atoms with Gasteiger partial charge in [-0.2, -0.15) is 0 Å². The highest BCUT2D eigenvalue weighted by molar-refractivity contribution is 7.17. The van der Waals surface area contributed by atoms with Gasteiger partial charge in [0.2, 0.25) is 5.78 Å². The number of carbonyl (C=O) groups excluding carboxylic acids is 1. The van der Waals surface area contributed by atoms with E-state index < -0.39 is 5.69 Å². The third kappa shape index (κ3) is 3.21. The second-order valence-corrected chi connectivity index (χ2v) is 8.61. The number of unbranched alkanes of at least 4 members (excludes halogenated alkanes) is 1. The van der Waals surface area contributed by atoms with Crippen molar-refractivity contribution in [2.75, 3.05) is 0 Å². The van der Waals surface area contributed by atoms with Gasteiger partial charge < -0.3 is 0 Å². The smallest absolute Gasteiger partial charge is 0.292 e. The van der Waals surface area contributed by atoms with Crippen LogP contribution in [0, 0.1) is 20.8 Å². The molecule has 0 aliphatic rings. The summed E-state index contributed by atoms with van der Waals surface area (Å²) in [6.07, 6.45) is 1.71. The van der Waals surface area contributed by atoms with E-state index in [1.165, 1.54) is 20.4 Å². The first-order chi connectivity index (χ1) is 14.3. The summed E-state index contributed by atoms with van der Waals surface area (Å²) in [4.78, 5) is 39.1. The molecule has 8 heteroatoms. The van der Waals surface area contributed by atoms with E-state index in [0.717, 1.165) is 29.5 Å². The average Bonchev–Trinajstić information content (AvgIpc) is 3.30. The summed E-state index contributed by atoms with van der Waals surface area (Å²) in [7, 11) is 0. The number of benzene rings is 1. The number of hydrogen-bond acceptors (Lipinski definition) is 5. The van der Waals surface area contributed by atoms with Crippen LogP contribution in [0.5, 0.6) is 0 Å². The summed E-state index contributed by atoms with van der Waals surface area (Å²) in [5.74, 6) is 0.110. The van der Waals surface area contributed by atoms with Gasteiger partial charge in [-0.1, -0.05) is 19.4 Å². The number of aromatic nitrogens is 4. The number of hydrogen-bond donors (Lipinski definition) is 0. The van der Waals surface area contributed by atoms with Crippen LogP contribution in [0.1, 0.15) is 46.8 Å². The highest BCUT2D eigenvalue weighted by atomic mass is 32.1. The third-order valence-corrected chi connectivity index (χ3v) is 6.45. The van der Waals surface area contributed by atoms with Crippen molar-refractivity contribution in [1.82, 2.24) is 18.7 Å². The van der Waals surface area contributed by atoms with E-state index >= 15 is 0 Å². The number of Topliss-reactive ketones (excluding diaryl/α,β-unsaturated/α-hetero) is 1. The Morgan fingerprint density at radius 1 is 1.10 bits per heavy atom. The van der Waals surface area contributed by atoms with Gasteiger partial charge in [-0.25, -0.2) is 13.9 Å². The zero-order valence-electron chi connectivity index (χ0n) is 17.6. The van der Waals surface area contributed by atoms with Crippen LogP contribution in [-0.2, 0) is 13.1 Å². The molecule has 3 heterocycles. The number of thiophene rings is 1. The molecule has 0 aliphatic carbocycles. The molecule has 0 N–H and O–H groups in total. The molecule has 0 saturated heterocycles. The summed E-state index contributed by atoms with van der Waals surface area (Å²) in [5, 5.41) is 6.20. The number of nitrogens with zero attached hydrogens (tertiary/aromatic N) is 4. The van der Waals surface area contributed by atoms with Gasteiger partial charge in [0.15, 0.2) is 5.78 Å². The van der Waals surface area contributed by atoms with Crippen LogP contribution >= 0.6 is 11.3 Å². The molecule has 0 atom stereocenters. The Morgan fingerprint density at radius 3 is 2.57 bits per heavy atom. The lowest BCUT2D eigenvalue weighted by Gasteiger charge is -2.08. The topological polar surface area (TPSA) is 78.4 Å². The molecule has 156 valence electrons.